The van der Waals surface area contributed by atoms with Gasteiger partial charge < -0.3 is 25.0 Å². The van der Waals surface area contributed by atoms with E-state index in [0.717, 1.165) is 5.56 Å². The molecule has 3 amide bonds. The molecule has 2 N–H and O–H groups in total. The summed E-state index contributed by atoms with van der Waals surface area (Å²) in [6.07, 6.45) is 0.233. The smallest absolute Gasteiger partial charge is 0.408 e. The molecule has 12 nitrogen and oxygen atoms in total. The first-order chi connectivity index (χ1) is 17.2. The Hall–Kier alpha value is -4.48. The van der Waals surface area contributed by atoms with Gasteiger partial charge in [0.15, 0.2) is 0 Å². The summed E-state index contributed by atoms with van der Waals surface area (Å²) in [6.45, 7) is 1.43. The molecule has 1 fully saturated rings. The van der Waals surface area contributed by atoms with Crippen LogP contribution in [0, 0.1) is 10.1 Å². The van der Waals surface area contributed by atoms with E-state index in [2.05, 4.69) is 10.6 Å². The van der Waals surface area contributed by atoms with Gasteiger partial charge in [0.05, 0.1) is 4.92 Å². The summed E-state index contributed by atoms with van der Waals surface area (Å²) < 4.78 is 10.2. The molecule has 12 heteroatoms. The fourth-order valence-electron chi connectivity index (χ4n) is 3.64. The van der Waals surface area contributed by atoms with E-state index in [1.165, 1.54) is 36.1 Å². The number of nitrogens with zero attached hydrogens (tertiary/aromatic N) is 2. The molecule has 2 aromatic rings. The fraction of sp³-hybridized carbons (Fsp3) is 0.333. The third-order valence-electron chi connectivity index (χ3n) is 5.44. The zero-order valence-corrected chi connectivity index (χ0v) is 19.5. The number of esters is 1. The predicted molar refractivity (Wildman–Crippen MR) is 126 cm³/mol. The molecule has 0 aliphatic carbocycles. The second-order valence-corrected chi connectivity index (χ2v) is 8.06. The first-order valence-electron chi connectivity index (χ1n) is 11.2. The predicted octanol–water partition coefficient (Wildman–Crippen LogP) is 1.92. The maximum atomic E-state index is 12.9. The van der Waals surface area contributed by atoms with E-state index >= 15 is 0 Å². The Labute approximate surface area is 206 Å². The van der Waals surface area contributed by atoms with Gasteiger partial charge >= 0.3 is 12.1 Å². The number of benzene rings is 2. The van der Waals surface area contributed by atoms with Crippen LogP contribution in [0.15, 0.2) is 54.6 Å². The zero-order valence-electron chi connectivity index (χ0n) is 19.5. The van der Waals surface area contributed by atoms with Crippen molar-refractivity contribution in [2.45, 2.75) is 38.5 Å². The molecule has 1 saturated heterocycles. The van der Waals surface area contributed by atoms with E-state index in [9.17, 15) is 29.3 Å². The maximum Gasteiger partial charge on any atom is 0.408 e. The molecule has 1 aliphatic rings. The van der Waals surface area contributed by atoms with Gasteiger partial charge in [0.1, 0.15) is 31.0 Å². The molecule has 1 aliphatic heterocycles. The average molecular weight is 498 g/mol. The van der Waals surface area contributed by atoms with Crippen LogP contribution in [-0.4, -0.2) is 58.9 Å². The van der Waals surface area contributed by atoms with Crippen LogP contribution < -0.4 is 15.4 Å². The molecule has 190 valence electrons. The number of nitrogens with one attached hydrogen (secondary N) is 2. The number of likely N-dealkylation sites (tertiary alicyclic amines) is 1. The van der Waals surface area contributed by atoms with E-state index in [-0.39, 0.29) is 18.0 Å². The maximum absolute atomic E-state index is 12.9. The van der Waals surface area contributed by atoms with Gasteiger partial charge in [-0.05, 0) is 37.5 Å². The van der Waals surface area contributed by atoms with Crippen LogP contribution in [0.2, 0.25) is 0 Å². The highest BCUT2D eigenvalue weighted by molar-refractivity contribution is 5.92. The number of hydrogen-bond donors (Lipinski definition) is 2. The third kappa shape index (κ3) is 7.26. The summed E-state index contributed by atoms with van der Waals surface area (Å²) in [5, 5.41) is 15.6. The first kappa shape index (κ1) is 26.1. The molecule has 2 aromatic carbocycles. The van der Waals surface area contributed by atoms with Crippen molar-refractivity contribution >= 4 is 29.6 Å². The highest BCUT2D eigenvalue weighted by Crippen LogP contribution is 2.19. The number of ether oxygens (including phenoxy) is 2. The van der Waals surface area contributed by atoms with Crippen molar-refractivity contribution in [2.24, 2.45) is 0 Å². The number of rotatable bonds is 9. The lowest BCUT2D eigenvalue weighted by atomic mass is 10.2. The molecule has 0 aromatic heterocycles. The second-order valence-electron chi connectivity index (χ2n) is 8.06. The standard InChI is InChI=1S/C24H26N4O8/c1-16(26-24(32)35-15-17-6-3-2-4-7-17)23(31)27-13-5-8-20(27)22(30)25-14-21(29)36-19-11-9-18(10-12-19)28(33)34/h2-4,6-7,9-12,16,20H,5,8,13-15H2,1H3,(H,25,30)(H,26,32). The molecule has 0 bridgehead atoms. The number of alkyl carbamates (subject to hydrolysis) is 1. The van der Waals surface area contributed by atoms with Crippen molar-refractivity contribution in [2.75, 3.05) is 13.1 Å². The highest BCUT2D eigenvalue weighted by Gasteiger charge is 2.36. The van der Waals surface area contributed by atoms with Crippen molar-refractivity contribution in [1.29, 1.82) is 0 Å². The van der Waals surface area contributed by atoms with Gasteiger partial charge in [0, 0.05) is 18.7 Å². The lowest BCUT2D eigenvalue weighted by Gasteiger charge is -2.26. The van der Waals surface area contributed by atoms with Crippen LogP contribution in [0.3, 0.4) is 0 Å². The van der Waals surface area contributed by atoms with Crippen LogP contribution >= 0.6 is 0 Å². The number of non-ortho nitro benzene ring substituents is 1. The Balaban J connectivity index is 1.45. The minimum absolute atomic E-state index is 0.0539. The molecule has 2 unspecified atom stereocenters. The van der Waals surface area contributed by atoms with Crippen molar-refractivity contribution in [3.63, 3.8) is 0 Å². The molecule has 0 saturated carbocycles. The average Bonchev–Trinajstić information content (AvgIpc) is 3.36. The summed E-state index contributed by atoms with van der Waals surface area (Å²) in [4.78, 5) is 61.1. The Kier molecular flexibility index (Phi) is 8.92. The van der Waals surface area contributed by atoms with Crippen LogP contribution in [0.1, 0.15) is 25.3 Å². The van der Waals surface area contributed by atoms with Crippen LogP contribution in [0.4, 0.5) is 10.5 Å². The quantitative estimate of drug-likeness (QED) is 0.230. The topological polar surface area (TPSA) is 157 Å². The molecule has 0 spiro atoms. The van der Waals surface area contributed by atoms with Gasteiger partial charge in [-0.2, -0.15) is 0 Å². The van der Waals surface area contributed by atoms with E-state index in [1.807, 2.05) is 18.2 Å². The van der Waals surface area contributed by atoms with Crippen LogP contribution in [-0.2, 0) is 25.7 Å². The van der Waals surface area contributed by atoms with Gasteiger partial charge in [-0.25, -0.2) is 9.59 Å². The first-order valence-corrected chi connectivity index (χ1v) is 11.2. The molecule has 2 atom stereocenters. The normalized spacial score (nSPS) is 15.5. The Morgan fingerprint density at radius 3 is 2.47 bits per heavy atom. The lowest BCUT2D eigenvalue weighted by Crippen LogP contribution is -2.53. The number of amides is 3. The number of carbonyl (C=O) groups is 4. The molecule has 0 radical (unpaired) electrons. The van der Waals surface area contributed by atoms with Gasteiger partial charge in [0.2, 0.25) is 11.8 Å². The SMILES string of the molecule is CC(NC(=O)OCc1ccccc1)C(=O)N1CCCC1C(=O)NCC(=O)Oc1ccc([N+](=O)[O-])cc1. The number of hydrogen-bond acceptors (Lipinski definition) is 8. The van der Waals surface area contributed by atoms with Crippen molar-refractivity contribution in [3.8, 4) is 5.75 Å². The molecule has 1 heterocycles. The van der Waals surface area contributed by atoms with Gasteiger partial charge in [0.25, 0.3) is 5.69 Å². The van der Waals surface area contributed by atoms with Crippen LogP contribution in [0.5, 0.6) is 5.75 Å². The largest absolute Gasteiger partial charge is 0.445 e. The fourth-order valence-corrected chi connectivity index (χ4v) is 3.64. The zero-order chi connectivity index (χ0) is 26.1. The van der Waals surface area contributed by atoms with Crippen molar-refractivity contribution in [3.05, 3.63) is 70.3 Å². The van der Waals surface area contributed by atoms with E-state index in [4.69, 9.17) is 9.47 Å². The van der Waals surface area contributed by atoms with Gasteiger partial charge in [-0.1, -0.05) is 30.3 Å². The number of nitro benzene ring substituents is 1. The minimum atomic E-state index is -0.922. The summed E-state index contributed by atoms with van der Waals surface area (Å²) in [7, 11) is 0. The van der Waals surface area contributed by atoms with E-state index < -0.39 is 47.4 Å². The molecule has 3 rings (SSSR count). The number of carbonyl (C=O) groups excluding carboxylic acids is 4. The molecular weight excluding hydrogens is 472 g/mol. The summed E-state index contributed by atoms with van der Waals surface area (Å²) in [5.74, 6) is -1.65. The summed E-state index contributed by atoms with van der Waals surface area (Å²) in [6, 6.07) is 12.3. The van der Waals surface area contributed by atoms with Crippen molar-refractivity contribution < 1.29 is 33.6 Å². The van der Waals surface area contributed by atoms with Crippen molar-refractivity contribution in [1.82, 2.24) is 15.5 Å². The Morgan fingerprint density at radius 1 is 1.11 bits per heavy atom. The lowest BCUT2D eigenvalue weighted by molar-refractivity contribution is -0.384. The summed E-state index contributed by atoms with van der Waals surface area (Å²) in [5.41, 5.74) is 0.650. The van der Waals surface area contributed by atoms with Gasteiger partial charge in [-0.15, -0.1) is 0 Å². The minimum Gasteiger partial charge on any atom is -0.445 e. The Bertz CT molecular complexity index is 1110. The molecule has 36 heavy (non-hydrogen) atoms. The Morgan fingerprint density at radius 2 is 1.81 bits per heavy atom. The third-order valence-corrected chi connectivity index (χ3v) is 5.44. The molecular formula is C24H26N4O8. The van der Waals surface area contributed by atoms with E-state index in [0.29, 0.717) is 19.4 Å². The van der Waals surface area contributed by atoms with E-state index in [1.54, 1.807) is 12.1 Å². The number of nitro groups is 1. The summed E-state index contributed by atoms with van der Waals surface area (Å²) >= 11 is 0. The van der Waals surface area contributed by atoms with Crippen LogP contribution in [0.25, 0.3) is 0 Å². The highest BCUT2D eigenvalue weighted by atomic mass is 16.6. The monoisotopic (exact) mass is 498 g/mol. The van der Waals surface area contributed by atoms with Gasteiger partial charge in [-0.3, -0.25) is 19.7 Å². The second kappa shape index (κ2) is 12.3.